The maximum atomic E-state index is 13.1. The molecule has 0 unspecified atom stereocenters. The molecule has 2 aromatic rings. The third-order valence-electron chi connectivity index (χ3n) is 1.80. The van der Waals surface area contributed by atoms with Gasteiger partial charge in [0.2, 0.25) is 0 Å². The number of nitrogens with zero attached hydrogens (tertiary/aromatic N) is 1. The van der Waals surface area contributed by atoms with Crippen LogP contribution in [-0.4, -0.2) is 4.98 Å². The monoisotopic (exact) mass is 178 g/mol. The molecule has 0 aliphatic heterocycles. The van der Waals surface area contributed by atoms with E-state index in [0.29, 0.717) is 10.9 Å². The van der Waals surface area contributed by atoms with Crippen LogP contribution in [0, 0.1) is 18.6 Å². The second-order valence-electron chi connectivity index (χ2n) is 2.78. The summed E-state index contributed by atoms with van der Waals surface area (Å²) in [6.07, 6.45) is 1.41. The number of rotatable bonds is 0. The second kappa shape index (κ2) is 2.76. The summed E-state index contributed by atoms with van der Waals surface area (Å²) >= 11 is 0. The van der Waals surface area contributed by atoms with Gasteiger partial charge in [-0.25, -0.2) is 8.78 Å². The second-order valence-corrected chi connectivity index (χ2v) is 2.78. The molecule has 3 heteroatoms. The molecule has 0 saturated heterocycles. The highest BCUT2D eigenvalue weighted by Crippen LogP contribution is 2.18. The van der Waals surface area contributed by atoms with Crippen molar-refractivity contribution in [2.75, 3.05) is 0 Å². The summed E-state index contributed by atoms with van der Waals surface area (Å²) in [6, 6.07) is 4.22. The van der Waals surface area contributed by atoms with Gasteiger partial charge in [0.25, 0.3) is 0 Å². The van der Waals surface area contributed by atoms with Gasteiger partial charge in [-0.3, -0.25) is 4.98 Å². The molecule has 1 nitrogen and oxygen atoms in total. The van der Waals surface area contributed by atoms with Crippen molar-refractivity contribution in [1.82, 2.24) is 4.98 Å². The Morgan fingerprint density at radius 2 is 2.00 bits per heavy atom. The fraction of sp³-hybridized carbons (Fsp3) is 0. The van der Waals surface area contributed by atoms with E-state index in [1.54, 1.807) is 6.07 Å². The van der Waals surface area contributed by atoms with E-state index in [1.165, 1.54) is 12.3 Å². The van der Waals surface area contributed by atoms with E-state index in [-0.39, 0.29) is 5.52 Å². The zero-order valence-corrected chi connectivity index (χ0v) is 6.72. The lowest BCUT2D eigenvalue weighted by Gasteiger charge is -1.99. The van der Waals surface area contributed by atoms with Crippen LogP contribution < -0.4 is 0 Å². The van der Waals surface area contributed by atoms with E-state index in [4.69, 9.17) is 0 Å². The van der Waals surface area contributed by atoms with Crippen molar-refractivity contribution in [2.45, 2.75) is 0 Å². The van der Waals surface area contributed by atoms with Crippen molar-refractivity contribution < 1.29 is 8.78 Å². The Balaban J connectivity index is 2.87. The van der Waals surface area contributed by atoms with Crippen LogP contribution in [0.25, 0.3) is 10.9 Å². The van der Waals surface area contributed by atoms with E-state index in [1.807, 2.05) is 0 Å². The first-order valence-corrected chi connectivity index (χ1v) is 3.74. The Labute approximate surface area is 74.0 Å². The molecule has 2 rings (SSSR count). The minimum absolute atomic E-state index is 0.0485. The van der Waals surface area contributed by atoms with Crippen LogP contribution >= 0.6 is 0 Å². The van der Waals surface area contributed by atoms with E-state index >= 15 is 0 Å². The summed E-state index contributed by atoms with van der Waals surface area (Å²) in [5.41, 5.74) is 0.728. The maximum absolute atomic E-state index is 13.1. The fourth-order valence-electron chi connectivity index (χ4n) is 1.19. The van der Waals surface area contributed by atoms with Crippen LogP contribution in [-0.2, 0) is 0 Å². The summed E-state index contributed by atoms with van der Waals surface area (Å²) in [6.45, 7) is 3.64. The SMILES string of the molecule is [CH2]c1cnc2c(F)c(F)ccc2c1. The Kier molecular flexibility index (Phi) is 1.72. The van der Waals surface area contributed by atoms with Crippen LogP contribution in [0.15, 0.2) is 24.4 Å². The third kappa shape index (κ3) is 1.26. The van der Waals surface area contributed by atoms with Gasteiger partial charge in [0.1, 0.15) is 5.52 Å². The van der Waals surface area contributed by atoms with Gasteiger partial charge in [-0.2, -0.15) is 0 Å². The lowest BCUT2D eigenvalue weighted by molar-refractivity contribution is 0.515. The molecule has 0 spiro atoms. The summed E-state index contributed by atoms with van der Waals surface area (Å²) in [5.74, 6) is -1.78. The number of hydrogen-bond acceptors (Lipinski definition) is 1. The molecule has 0 aliphatic carbocycles. The minimum Gasteiger partial charge on any atom is -0.253 e. The molecule has 1 heterocycles. The number of pyridine rings is 1. The number of fused-ring (bicyclic) bond motifs is 1. The molecule has 0 aliphatic rings. The molecule has 65 valence electrons. The van der Waals surface area contributed by atoms with Crippen LogP contribution in [0.1, 0.15) is 5.56 Å². The van der Waals surface area contributed by atoms with Crippen LogP contribution in [0.5, 0.6) is 0 Å². The van der Waals surface area contributed by atoms with Gasteiger partial charge in [0.05, 0.1) is 0 Å². The Bertz CT molecular complexity index is 466. The molecule has 13 heavy (non-hydrogen) atoms. The van der Waals surface area contributed by atoms with Gasteiger partial charge in [-0.1, -0.05) is 0 Å². The van der Waals surface area contributed by atoms with E-state index in [9.17, 15) is 8.78 Å². The van der Waals surface area contributed by atoms with E-state index in [2.05, 4.69) is 11.9 Å². The smallest absolute Gasteiger partial charge is 0.184 e. The lowest BCUT2D eigenvalue weighted by Crippen LogP contribution is -1.89. The summed E-state index contributed by atoms with van der Waals surface area (Å²) < 4.78 is 25.8. The van der Waals surface area contributed by atoms with Gasteiger partial charge >= 0.3 is 0 Å². The van der Waals surface area contributed by atoms with Crippen molar-refractivity contribution in [3.63, 3.8) is 0 Å². The molecule has 0 fully saturated rings. The number of hydrogen-bond donors (Lipinski definition) is 0. The highest BCUT2D eigenvalue weighted by molar-refractivity contribution is 5.79. The number of aromatic nitrogens is 1. The van der Waals surface area contributed by atoms with Crippen molar-refractivity contribution in [3.05, 3.63) is 48.5 Å². The van der Waals surface area contributed by atoms with Crippen LogP contribution in [0.2, 0.25) is 0 Å². The lowest BCUT2D eigenvalue weighted by atomic mass is 10.1. The quantitative estimate of drug-likeness (QED) is 0.604. The Morgan fingerprint density at radius 3 is 2.77 bits per heavy atom. The van der Waals surface area contributed by atoms with Crippen molar-refractivity contribution in [3.8, 4) is 0 Å². The molecule has 0 bridgehead atoms. The van der Waals surface area contributed by atoms with Crippen LogP contribution in [0.3, 0.4) is 0 Å². The molecule has 0 amide bonds. The molecular formula is C10H6F2N. The molecule has 0 atom stereocenters. The molecule has 0 saturated carbocycles. The average molecular weight is 178 g/mol. The highest BCUT2D eigenvalue weighted by Gasteiger charge is 2.07. The van der Waals surface area contributed by atoms with Gasteiger partial charge in [-0.15, -0.1) is 0 Å². The topological polar surface area (TPSA) is 12.9 Å². The van der Waals surface area contributed by atoms with Crippen molar-refractivity contribution in [2.24, 2.45) is 0 Å². The summed E-state index contributed by atoms with van der Waals surface area (Å²) in [7, 11) is 0. The zero-order valence-electron chi connectivity index (χ0n) is 6.72. The van der Waals surface area contributed by atoms with Crippen molar-refractivity contribution in [1.29, 1.82) is 0 Å². The standard InChI is InChI=1S/C10H6F2N/c1-6-4-7-2-3-8(11)9(12)10(7)13-5-6/h2-5H,1H2. The first-order valence-electron chi connectivity index (χ1n) is 3.74. The van der Waals surface area contributed by atoms with Crippen LogP contribution in [0.4, 0.5) is 8.78 Å². The normalized spacial score (nSPS) is 10.7. The van der Waals surface area contributed by atoms with E-state index < -0.39 is 11.6 Å². The number of benzene rings is 1. The van der Waals surface area contributed by atoms with Gasteiger partial charge in [0, 0.05) is 11.6 Å². The third-order valence-corrected chi connectivity index (χ3v) is 1.80. The molecule has 1 radical (unpaired) electrons. The first-order chi connectivity index (χ1) is 6.18. The summed E-state index contributed by atoms with van der Waals surface area (Å²) in [5, 5.41) is 0.561. The molecule has 1 aromatic carbocycles. The minimum atomic E-state index is -0.905. The average Bonchev–Trinajstić information content (AvgIpc) is 2.12. The predicted octanol–water partition coefficient (Wildman–Crippen LogP) is 2.70. The largest absolute Gasteiger partial charge is 0.253 e. The predicted molar refractivity (Wildman–Crippen MR) is 46.1 cm³/mol. The van der Waals surface area contributed by atoms with Gasteiger partial charge in [-0.05, 0) is 30.7 Å². The molecule has 0 N–H and O–H groups in total. The number of halogens is 2. The van der Waals surface area contributed by atoms with Crippen molar-refractivity contribution >= 4 is 10.9 Å². The van der Waals surface area contributed by atoms with Gasteiger partial charge in [0.15, 0.2) is 11.6 Å². The highest BCUT2D eigenvalue weighted by atomic mass is 19.2. The zero-order chi connectivity index (χ0) is 9.42. The Morgan fingerprint density at radius 1 is 1.23 bits per heavy atom. The fourth-order valence-corrected chi connectivity index (χ4v) is 1.19. The molecular weight excluding hydrogens is 172 g/mol. The first kappa shape index (κ1) is 8.10. The van der Waals surface area contributed by atoms with Gasteiger partial charge < -0.3 is 0 Å². The summed E-state index contributed by atoms with van der Waals surface area (Å²) in [4.78, 5) is 3.76. The van der Waals surface area contributed by atoms with E-state index in [0.717, 1.165) is 6.07 Å². The molecule has 1 aromatic heterocycles. The maximum Gasteiger partial charge on any atom is 0.184 e. The Hall–Kier alpha value is -1.51.